The lowest BCUT2D eigenvalue weighted by molar-refractivity contribution is 0.501. The van der Waals surface area contributed by atoms with Crippen LogP contribution in [0.2, 0.25) is 5.02 Å². The van der Waals surface area contributed by atoms with Gasteiger partial charge in [-0.25, -0.2) is 17.2 Å². The Morgan fingerprint density at radius 1 is 1.14 bits per heavy atom. The first-order valence-electron chi connectivity index (χ1n) is 6.31. The lowest BCUT2D eigenvalue weighted by atomic mass is 10.2. The number of nitrogens with one attached hydrogen (secondary N) is 1. The van der Waals surface area contributed by atoms with Crippen LogP contribution in [0.25, 0.3) is 10.9 Å². The summed E-state index contributed by atoms with van der Waals surface area (Å²) >= 11 is 5.85. The molecule has 1 N–H and O–H groups in total. The number of H-pyrrole nitrogens is 1. The number of hydrogen-bond acceptors (Lipinski definition) is 2. The van der Waals surface area contributed by atoms with Gasteiger partial charge in [0.2, 0.25) is 0 Å². The molecule has 3 nitrogen and oxygen atoms in total. The van der Waals surface area contributed by atoms with Crippen LogP contribution in [0, 0.1) is 11.6 Å². The Labute approximate surface area is 130 Å². The van der Waals surface area contributed by atoms with E-state index in [-0.39, 0.29) is 10.5 Å². The fourth-order valence-electron chi connectivity index (χ4n) is 2.27. The number of aromatic amines is 1. The maximum atomic E-state index is 13.7. The number of rotatable bonds is 3. The van der Waals surface area contributed by atoms with Gasteiger partial charge in [0.25, 0.3) is 0 Å². The lowest BCUT2D eigenvalue weighted by Crippen LogP contribution is -2.07. The fraction of sp³-hybridized carbons (Fsp3) is 0.0667. The van der Waals surface area contributed by atoms with Crippen LogP contribution in [-0.2, 0) is 15.6 Å². The van der Waals surface area contributed by atoms with Crippen LogP contribution < -0.4 is 0 Å². The summed E-state index contributed by atoms with van der Waals surface area (Å²) in [6.45, 7) is 0. The highest BCUT2D eigenvalue weighted by Gasteiger charge is 2.22. The molecule has 0 unspecified atom stereocenters. The molecule has 3 rings (SSSR count). The van der Waals surface area contributed by atoms with Gasteiger partial charge in [-0.2, -0.15) is 0 Å². The molecule has 0 saturated carbocycles. The molecular weight excluding hydrogens is 332 g/mol. The second-order valence-electron chi connectivity index (χ2n) is 4.81. The number of hydrogen-bond donors (Lipinski definition) is 1. The summed E-state index contributed by atoms with van der Waals surface area (Å²) in [4.78, 5) is 2.85. The Hall–Kier alpha value is -1.92. The van der Waals surface area contributed by atoms with Crippen molar-refractivity contribution in [1.29, 1.82) is 0 Å². The highest BCUT2D eigenvalue weighted by atomic mass is 35.5. The van der Waals surface area contributed by atoms with Crippen LogP contribution in [0.4, 0.5) is 8.78 Å². The third-order valence-electron chi connectivity index (χ3n) is 3.32. The van der Waals surface area contributed by atoms with Crippen LogP contribution in [0.5, 0.6) is 0 Å². The zero-order valence-corrected chi connectivity index (χ0v) is 12.7. The van der Waals surface area contributed by atoms with E-state index in [2.05, 4.69) is 4.98 Å². The van der Waals surface area contributed by atoms with Crippen molar-refractivity contribution in [1.82, 2.24) is 4.98 Å². The predicted molar refractivity (Wildman–Crippen MR) is 80.6 cm³/mol. The second kappa shape index (κ2) is 5.37. The molecule has 1 heterocycles. The summed E-state index contributed by atoms with van der Waals surface area (Å²) in [6.07, 6.45) is 1.33. The van der Waals surface area contributed by atoms with Crippen LogP contribution >= 0.6 is 11.6 Å². The van der Waals surface area contributed by atoms with Crippen molar-refractivity contribution in [3.05, 3.63) is 64.8 Å². The van der Waals surface area contributed by atoms with Gasteiger partial charge in [0.15, 0.2) is 21.5 Å². The van der Waals surface area contributed by atoms with E-state index in [1.165, 1.54) is 18.3 Å². The molecule has 1 aromatic heterocycles. The Morgan fingerprint density at radius 2 is 1.91 bits per heavy atom. The maximum Gasteiger partial charge on any atom is 0.184 e. The first-order valence-corrected chi connectivity index (χ1v) is 8.34. The van der Waals surface area contributed by atoms with E-state index in [0.717, 1.165) is 6.07 Å². The molecular formula is C15H10ClF2NO2S. The molecule has 114 valence electrons. The molecule has 3 aromatic rings. The Bertz CT molecular complexity index is 967. The van der Waals surface area contributed by atoms with Gasteiger partial charge in [-0.1, -0.05) is 29.8 Å². The van der Waals surface area contributed by atoms with Crippen LogP contribution in [0.3, 0.4) is 0 Å². The fourth-order valence-corrected chi connectivity index (χ4v) is 3.98. The van der Waals surface area contributed by atoms with E-state index in [1.807, 2.05) is 0 Å². The molecule has 7 heteroatoms. The second-order valence-corrected chi connectivity index (χ2v) is 7.21. The molecule has 0 aliphatic carbocycles. The number of halogens is 3. The average molecular weight is 342 g/mol. The lowest BCUT2D eigenvalue weighted by Gasteiger charge is -2.05. The SMILES string of the molecule is O=S(=O)(Cc1cccc(F)c1F)c1c[nH]c2cc(Cl)ccc12. The minimum atomic E-state index is -3.83. The molecule has 0 aliphatic heterocycles. The van der Waals surface area contributed by atoms with E-state index < -0.39 is 27.2 Å². The van der Waals surface area contributed by atoms with Gasteiger partial charge in [0.1, 0.15) is 0 Å². The van der Waals surface area contributed by atoms with Crippen molar-refractivity contribution >= 4 is 32.3 Å². The van der Waals surface area contributed by atoms with E-state index in [0.29, 0.717) is 15.9 Å². The molecule has 0 radical (unpaired) electrons. The topological polar surface area (TPSA) is 49.9 Å². The normalized spacial score (nSPS) is 12.0. The quantitative estimate of drug-likeness (QED) is 0.780. The first-order chi connectivity index (χ1) is 10.4. The van der Waals surface area contributed by atoms with Gasteiger partial charge in [-0.15, -0.1) is 0 Å². The molecule has 0 aliphatic rings. The first kappa shape index (κ1) is 15.0. The van der Waals surface area contributed by atoms with Crippen molar-refractivity contribution in [3.8, 4) is 0 Å². The van der Waals surface area contributed by atoms with Gasteiger partial charge in [-0.3, -0.25) is 0 Å². The van der Waals surface area contributed by atoms with Crippen molar-refractivity contribution < 1.29 is 17.2 Å². The van der Waals surface area contributed by atoms with Gasteiger partial charge in [0, 0.05) is 27.7 Å². The number of sulfone groups is 1. The molecule has 0 bridgehead atoms. The minimum absolute atomic E-state index is 0.0304. The third-order valence-corrected chi connectivity index (χ3v) is 5.25. The average Bonchev–Trinajstić information content (AvgIpc) is 2.87. The zero-order chi connectivity index (χ0) is 15.9. The molecule has 0 amide bonds. The monoisotopic (exact) mass is 341 g/mol. The Morgan fingerprint density at radius 3 is 2.68 bits per heavy atom. The number of benzene rings is 2. The molecule has 22 heavy (non-hydrogen) atoms. The molecule has 0 spiro atoms. The summed E-state index contributed by atoms with van der Waals surface area (Å²) in [5, 5.41) is 0.927. The van der Waals surface area contributed by atoms with Gasteiger partial charge in [-0.05, 0) is 18.2 Å². The zero-order valence-electron chi connectivity index (χ0n) is 11.1. The summed E-state index contributed by atoms with van der Waals surface area (Å²) < 4.78 is 51.8. The van der Waals surface area contributed by atoms with Crippen molar-refractivity contribution in [3.63, 3.8) is 0 Å². The van der Waals surface area contributed by atoms with Gasteiger partial charge < -0.3 is 4.98 Å². The summed E-state index contributed by atoms with van der Waals surface area (Å²) in [5.74, 6) is -2.83. The van der Waals surface area contributed by atoms with Crippen LogP contribution in [-0.4, -0.2) is 13.4 Å². The van der Waals surface area contributed by atoms with Crippen LogP contribution in [0.15, 0.2) is 47.5 Å². The van der Waals surface area contributed by atoms with Gasteiger partial charge >= 0.3 is 0 Å². The molecule has 0 fully saturated rings. The van der Waals surface area contributed by atoms with Gasteiger partial charge in [0.05, 0.1) is 10.6 Å². The van der Waals surface area contributed by atoms with Crippen molar-refractivity contribution in [2.75, 3.05) is 0 Å². The molecule has 0 atom stereocenters. The minimum Gasteiger partial charge on any atom is -0.360 e. The standard InChI is InChI=1S/C15H10ClF2NO2S/c16-10-4-5-11-13(6-10)19-7-14(11)22(20,21)8-9-2-1-3-12(17)15(9)18/h1-7,19H,8H2. The predicted octanol–water partition coefficient (Wildman–Crippen LogP) is 4.07. The largest absolute Gasteiger partial charge is 0.360 e. The van der Waals surface area contributed by atoms with E-state index in [9.17, 15) is 17.2 Å². The van der Waals surface area contributed by atoms with E-state index in [4.69, 9.17) is 11.6 Å². The summed E-state index contributed by atoms with van der Waals surface area (Å²) in [5.41, 5.74) is 0.356. The number of fused-ring (bicyclic) bond motifs is 1. The molecule has 2 aromatic carbocycles. The summed E-state index contributed by atoms with van der Waals surface area (Å²) in [6, 6.07) is 8.21. The smallest absolute Gasteiger partial charge is 0.184 e. The summed E-state index contributed by atoms with van der Waals surface area (Å²) in [7, 11) is -3.83. The highest BCUT2D eigenvalue weighted by molar-refractivity contribution is 7.90. The van der Waals surface area contributed by atoms with Crippen molar-refractivity contribution in [2.24, 2.45) is 0 Å². The Balaban J connectivity index is 2.07. The Kier molecular flexibility index (Phi) is 3.66. The molecule has 0 saturated heterocycles. The maximum absolute atomic E-state index is 13.7. The third kappa shape index (κ3) is 2.60. The van der Waals surface area contributed by atoms with Crippen molar-refractivity contribution in [2.45, 2.75) is 10.6 Å². The highest BCUT2D eigenvalue weighted by Crippen LogP contribution is 2.28. The van der Waals surface area contributed by atoms with E-state index in [1.54, 1.807) is 18.2 Å². The van der Waals surface area contributed by atoms with E-state index >= 15 is 0 Å². The number of aromatic nitrogens is 1. The van der Waals surface area contributed by atoms with Crippen LogP contribution in [0.1, 0.15) is 5.56 Å².